The molecule has 0 atom stereocenters. The average Bonchev–Trinajstić information content (AvgIpc) is 2.67. The van der Waals surface area contributed by atoms with Crippen LogP contribution in [0.5, 0.6) is 5.75 Å². The van der Waals surface area contributed by atoms with Crippen molar-refractivity contribution in [3.63, 3.8) is 0 Å². The van der Waals surface area contributed by atoms with Crippen LogP contribution in [0, 0.1) is 15.9 Å². The molecular weight excluding hydrogens is 351 g/mol. The molecular formula is C20H15FN2O4. The molecule has 3 aromatic rings. The van der Waals surface area contributed by atoms with E-state index in [-0.39, 0.29) is 5.69 Å². The topological polar surface area (TPSA) is 81.5 Å². The highest BCUT2D eigenvalue weighted by Crippen LogP contribution is 2.23. The van der Waals surface area contributed by atoms with Crippen molar-refractivity contribution in [1.29, 1.82) is 0 Å². The van der Waals surface area contributed by atoms with Crippen LogP contribution in [0.2, 0.25) is 0 Å². The van der Waals surface area contributed by atoms with Crippen molar-refractivity contribution in [2.45, 2.75) is 0 Å². The maximum Gasteiger partial charge on any atom is 0.306 e. The second-order valence-electron chi connectivity index (χ2n) is 5.72. The van der Waals surface area contributed by atoms with Crippen LogP contribution in [0.4, 0.5) is 15.8 Å². The molecule has 0 fully saturated rings. The molecule has 6 nitrogen and oxygen atoms in total. The number of amides is 1. The molecule has 1 N–H and O–H groups in total. The number of rotatable bonds is 5. The number of benzene rings is 3. The van der Waals surface area contributed by atoms with Crippen LogP contribution in [-0.4, -0.2) is 17.9 Å². The van der Waals surface area contributed by atoms with Gasteiger partial charge in [0.25, 0.3) is 0 Å². The van der Waals surface area contributed by atoms with Gasteiger partial charge in [-0.1, -0.05) is 18.2 Å². The SMILES string of the molecule is COc1ccc2cc(/C=C/C(=O)Nc3ccc(F)c([N+](=O)[O-])c3)ccc2c1. The Hall–Kier alpha value is -3.74. The zero-order valence-electron chi connectivity index (χ0n) is 14.3. The fourth-order valence-corrected chi connectivity index (χ4v) is 2.56. The molecule has 27 heavy (non-hydrogen) atoms. The zero-order chi connectivity index (χ0) is 19.4. The van der Waals surface area contributed by atoms with Crippen LogP contribution in [0.15, 0.2) is 60.7 Å². The summed E-state index contributed by atoms with van der Waals surface area (Å²) in [6, 6.07) is 14.6. The summed E-state index contributed by atoms with van der Waals surface area (Å²) in [4.78, 5) is 21.9. The highest BCUT2D eigenvalue weighted by molar-refractivity contribution is 6.02. The van der Waals surface area contributed by atoms with E-state index in [1.807, 2.05) is 36.4 Å². The van der Waals surface area contributed by atoms with E-state index >= 15 is 0 Å². The van der Waals surface area contributed by atoms with Crippen molar-refractivity contribution in [1.82, 2.24) is 0 Å². The minimum absolute atomic E-state index is 0.142. The lowest BCUT2D eigenvalue weighted by Gasteiger charge is -2.04. The van der Waals surface area contributed by atoms with Crippen LogP contribution < -0.4 is 10.1 Å². The molecule has 0 radical (unpaired) electrons. The number of hydrogen-bond acceptors (Lipinski definition) is 4. The van der Waals surface area contributed by atoms with E-state index in [0.717, 1.165) is 34.2 Å². The van der Waals surface area contributed by atoms with Gasteiger partial charge in [0.05, 0.1) is 12.0 Å². The third-order valence-corrected chi connectivity index (χ3v) is 3.91. The molecule has 0 aliphatic rings. The van der Waals surface area contributed by atoms with Gasteiger partial charge in [0, 0.05) is 17.8 Å². The van der Waals surface area contributed by atoms with Crippen molar-refractivity contribution < 1.29 is 18.8 Å². The second kappa shape index (κ2) is 7.65. The second-order valence-corrected chi connectivity index (χ2v) is 5.72. The quantitative estimate of drug-likeness (QED) is 0.408. The predicted molar refractivity (Wildman–Crippen MR) is 101 cm³/mol. The summed E-state index contributed by atoms with van der Waals surface area (Å²) in [7, 11) is 1.60. The number of fused-ring (bicyclic) bond motifs is 1. The number of hydrogen-bond donors (Lipinski definition) is 1. The number of nitrogens with one attached hydrogen (secondary N) is 1. The molecule has 0 saturated carbocycles. The van der Waals surface area contributed by atoms with Gasteiger partial charge in [-0.15, -0.1) is 0 Å². The summed E-state index contributed by atoms with van der Waals surface area (Å²) in [5.74, 6) is -0.675. The Morgan fingerprint density at radius 2 is 1.85 bits per heavy atom. The number of anilines is 1. The lowest BCUT2D eigenvalue weighted by atomic mass is 10.1. The number of methoxy groups -OCH3 is 1. The minimum Gasteiger partial charge on any atom is -0.497 e. The molecule has 0 spiro atoms. The zero-order valence-corrected chi connectivity index (χ0v) is 14.3. The van der Waals surface area contributed by atoms with E-state index in [9.17, 15) is 19.3 Å². The number of halogens is 1. The third-order valence-electron chi connectivity index (χ3n) is 3.91. The van der Waals surface area contributed by atoms with E-state index in [2.05, 4.69) is 5.32 Å². The van der Waals surface area contributed by atoms with Gasteiger partial charge in [-0.05, 0) is 52.7 Å². The minimum atomic E-state index is -0.957. The Bertz CT molecular complexity index is 1060. The standard InChI is InChI=1S/C20H15FN2O4/c1-27-17-7-5-14-10-13(2-4-15(14)11-17)3-9-20(24)22-16-6-8-18(21)19(12-16)23(25)26/h2-12H,1H3,(H,22,24)/b9-3+. The average molecular weight is 366 g/mol. The number of nitrogens with zero attached hydrogens (tertiary/aromatic N) is 1. The highest BCUT2D eigenvalue weighted by atomic mass is 19.1. The van der Waals surface area contributed by atoms with Gasteiger partial charge < -0.3 is 10.1 Å². The van der Waals surface area contributed by atoms with Crippen molar-refractivity contribution in [3.8, 4) is 5.75 Å². The lowest BCUT2D eigenvalue weighted by molar-refractivity contribution is -0.387. The summed E-state index contributed by atoms with van der Waals surface area (Å²) in [6.45, 7) is 0. The number of nitro groups is 1. The summed E-state index contributed by atoms with van der Waals surface area (Å²) in [5, 5.41) is 15.2. The predicted octanol–water partition coefficient (Wildman–Crippen LogP) is 4.55. The Morgan fingerprint density at radius 3 is 2.59 bits per heavy atom. The Labute approximate surface area is 154 Å². The molecule has 0 aromatic heterocycles. The first kappa shape index (κ1) is 18.1. The molecule has 0 saturated heterocycles. The van der Waals surface area contributed by atoms with Crippen LogP contribution in [0.25, 0.3) is 16.8 Å². The van der Waals surface area contributed by atoms with Gasteiger partial charge >= 0.3 is 5.69 Å². The number of nitro benzene ring substituents is 1. The summed E-state index contributed by atoms with van der Waals surface area (Å²) in [5.41, 5.74) is 0.262. The highest BCUT2D eigenvalue weighted by Gasteiger charge is 2.14. The Balaban J connectivity index is 1.74. The smallest absolute Gasteiger partial charge is 0.306 e. The molecule has 0 heterocycles. The monoisotopic (exact) mass is 366 g/mol. The molecule has 7 heteroatoms. The molecule has 0 aliphatic carbocycles. The lowest BCUT2D eigenvalue weighted by Crippen LogP contribution is -2.08. The van der Waals surface area contributed by atoms with Crippen molar-refractivity contribution in [2.75, 3.05) is 12.4 Å². The first-order valence-corrected chi connectivity index (χ1v) is 7.97. The van der Waals surface area contributed by atoms with Gasteiger partial charge in [-0.3, -0.25) is 14.9 Å². The Morgan fingerprint density at radius 1 is 1.11 bits per heavy atom. The van der Waals surface area contributed by atoms with Crippen molar-refractivity contribution in [2.24, 2.45) is 0 Å². The molecule has 3 aromatic carbocycles. The Kier molecular flexibility index (Phi) is 5.12. The number of ether oxygens (including phenoxy) is 1. The largest absolute Gasteiger partial charge is 0.497 e. The summed E-state index contributed by atoms with van der Waals surface area (Å²) in [6.07, 6.45) is 2.93. The summed E-state index contributed by atoms with van der Waals surface area (Å²) >= 11 is 0. The molecule has 3 rings (SSSR count). The van der Waals surface area contributed by atoms with Crippen molar-refractivity contribution in [3.05, 3.63) is 82.2 Å². The number of carbonyl (C=O) groups is 1. The van der Waals surface area contributed by atoms with Gasteiger partial charge in [0.15, 0.2) is 0 Å². The molecule has 0 aliphatic heterocycles. The van der Waals surface area contributed by atoms with Crippen molar-refractivity contribution >= 4 is 34.1 Å². The molecule has 0 unspecified atom stereocenters. The van der Waals surface area contributed by atoms with E-state index in [4.69, 9.17) is 4.74 Å². The van der Waals surface area contributed by atoms with E-state index in [1.54, 1.807) is 13.2 Å². The fraction of sp³-hybridized carbons (Fsp3) is 0.0500. The van der Waals surface area contributed by atoms with Gasteiger partial charge in [-0.2, -0.15) is 4.39 Å². The van der Waals surface area contributed by atoms with E-state index in [1.165, 1.54) is 12.1 Å². The molecule has 0 bridgehead atoms. The maximum absolute atomic E-state index is 13.3. The normalized spacial score (nSPS) is 10.9. The van der Waals surface area contributed by atoms with E-state index < -0.39 is 22.3 Å². The van der Waals surface area contributed by atoms with Crippen LogP contribution in [0.1, 0.15) is 5.56 Å². The van der Waals surface area contributed by atoms with Gasteiger partial charge in [-0.25, -0.2) is 0 Å². The summed E-state index contributed by atoms with van der Waals surface area (Å²) < 4.78 is 18.5. The first-order valence-electron chi connectivity index (χ1n) is 7.97. The molecule has 136 valence electrons. The van der Waals surface area contributed by atoms with Gasteiger partial charge in [0.2, 0.25) is 11.7 Å². The van der Waals surface area contributed by atoms with Crippen LogP contribution in [0.3, 0.4) is 0 Å². The first-order chi connectivity index (χ1) is 13.0. The van der Waals surface area contributed by atoms with E-state index in [0.29, 0.717) is 0 Å². The van der Waals surface area contributed by atoms with Crippen LogP contribution >= 0.6 is 0 Å². The number of carbonyl (C=O) groups excluding carboxylic acids is 1. The maximum atomic E-state index is 13.3. The van der Waals surface area contributed by atoms with Gasteiger partial charge in [0.1, 0.15) is 5.75 Å². The molecule has 1 amide bonds. The third kappa shape index (κ3) is 4.27. The fourth-order valence-electron chi connectivity index (χ4n) is 2.56. The van der Waals surface area contributed by atoms with Crippen LogP contribution in [-0.2, 0) is 4.79 Å².